The van der Waals surface area contributed by atoms with Gasteiger partial charge in [-0.05, 0) is 24.5 Å². The van der Waals surface area contributed by atoms with Gasteiger partial charge in [-0.1, -0.05) is 6.92 Å². The van der Waals surface area contributed by atoms with Crippen molar-refractivity contribution in [3.8, 4) is 5.88 Å². The number of nitrogens with zero attached hydrogens (tertiary/aromatic N) is 2. The van der Waals surface area contributed by atoms with E-state index >= 15 is 0 Å². The molecule has 1 saturated carbocycles. The number of aliphatic hydroxyl groups is 1. The first-order valence-electron chi connectivity index (χ1n) is 6.33. The molecule has 100 valence electrons. The molecule has 0 spiro atoms. The first-order chi connectivity index (χ1) is 9.20. The van der Waals surface area contributed by atoms with Crippen LogP contribution in [0, 0.1) is 5.92 Å². The lowest BCUT2D eigenvalue weighted by Crippen LogP contribution is -2.05. The van der Waals surface area contributed by atoms with Crippen LogP contribution in [0.4, 0.5) is 0 Å². The number of furan rings is 1. The molecule has 2 aromatic rings. The smallest absolute Gasteiger partial charge is 0.238 e. The average molecular weight is 260 g/mol. The second kappa shape index (κ2) is 4.66. The van der Waals surface area contributed by atoms with Crippen molar-refractivity contribution in [2.75, 3.05) is 7.11 Å². The maximum absolute atomic E-state index is 10.3. The molecule has 1 aliphatic rings. The van der Waals surface area contributed by atoms with Gasteiger partial charge in [-0.2, -0.15) is 0 Å². The molecule has 2 heterocycles. The van der Waals surface area contributed by atoms with E-state index in [1.165, 1.54) is 19.5 Å². The van der Waals surface area contributed by atoms with E-state index in [0.29, 0.717) is 29.2 Å². The summed E-state index contributed by atoms with van der Waals surface area (Å²) in [6.45, 7) is 2.19. The van der Waals surface area contributed by atoms with Crippen LogP contribution in [0.2, 0.25) is 0 Å². The first-order valence-corrected chi connectivity index (χ1v) is 6.33. The van der Waals surface area contributed by atoms with E-state index in [1.54, 1.807) is 6.07 Å². The molecular formula is C14H16N2O3. The molecule has 0 aliphatic heterocycles. The van der Waals surface area contributed by atoms with Gasteiger partial charge in [0.2, 0.25) is 5.88 Å². The van der Waals surface area contributed by atoms with E-state index in [4.69, 9.17) is 9.15 Å². The van der Waals surface area contributed by atoms with E-state index in [2.05, 4.69) is 16.9 Å². The zero-order valence-corrected chi connectivity index (χ0v) is 10.9. The lowest BCUT2D eigenvalue weighted by molar-refractivity contribution is 0.176. The highest BCUT2D eigenvalue weighted by Crippen LogP contribution is 2.47. The zero-order chi connectivity index (χ0) is 13.4. The number of aromatic nitrogens is 2. The minimum atomic E-state index is -0.952. The number of aliphatic hydroxyl groups excluding tert-OH is 1. The molecule has 5 heteroatoms. The summed E-state index contributed by atoms with van der Waals surface area (Å²) in [5, 5.41) is 10.3. The topological polar surface area (TPSA) is 68.4 Å². The van der Waals surface area contributed by atoms with E-state index in [0.717, 1.165) is 12.2 Å². The summed E-state index contributed by atoms with van der Waals surface area (Å²) in [6.07, 6.45) is 3.24. The molecule has 19 heavy (non-hydrogen) atoms. The lowest BCUT2D eigenvalue weighted by Gasteiger charge is -2.10. The summed E-state index contributed by atoms with van der Waals surface area (Å²) in [7, 11) is 1.50. The molecular weight excluding hydrogens is 244 g/mol. The Balaban J connectivity index is 1.86. The Morgan fingerprint density at radius 3 is 2.79 bits per heavy atom. The fourth-order valence-electron chi connectivity index (χ4n) is 2.25. The van der Waals surface area contributed by atoms with Crippen molar-refractivity contribution in [2.45, 2.75) is 25.4 Å². The van der Waals surface area contributed by atoms with Crippen molar-refractivity contribution in [3.05, 3.63) is 41.7 Å². The fraction of sp³-hybridized carbons (Fsp3) is 0.429. The number of ether oxygens (including phenoxy) is 1. The average Bonchev–Trinajstić information content (AvgIpc) is 2.98. The Morgan fingerprint density at radius 1 is 1.37 bits per heavy atom. The summed E-state index contributed by atoms with van der Waals surface area (Å²) < 4.78 is 10.8. The Hall–Kier alpha value is -1.88. The number of hydrogen-bond acceptors (Lipinski definition) is 5. The van der Waals surface area contributed by atoms with Crippen LogP contribution in [0.25, 0.3) is 0 Å². The summed E-state index contributed by atoms with van der Waals surface area (Å²) in [6, 6.07) is 3.72. The van der Waals surface area contributed by atoms with Crippen molar-refractivity contribution in [2.24, 2.45) is 5.92 Å². The van der Waals surface area contributed by atoms with Gasteiger partial charge in [0.05, 0.1) is 7.11 Å². The van der Waals surface area contributed by atoms with Crippen molar-refractivity contribution >= 4 is 0 Å². The molecule has 0 amide bonds. The van der Waals surface area contributed by atoms with Gasteiger partial charge in [0, 0.05) is 18.3 Å². The predicted molar refractivity (Wildman–Crippen MR) is 67.9 cm³/mol. The van der Waals surface area contributed by atoms with Crippen LogP contribution < -0.4 is 4.74 Å². The third-order valence-electron chi connectivity index (χ3n) is 3.54. The Labute approximate surface area is 111 Å². The second-order valence-corrected chi connectivity index (χ2v) is 4.91. The molecule has 2 aromatic heterocycles. The third kappa shape index (κ3) is 2.21. The van der Waals surface area contributed by atoms with Crippen LogP contribution >= 0.6 is 0 Å². The minimum absolute atomic E-state index is 0.313. The summed E-state index contributed by atoms with van der Waals surface area (Å²) in [4.78, 5) is 8.14. The van der Waals surface area contributed by atoms with Crippen molar-refractivity contribution in [3.63, 3.8) is 0 Å². The molecule has 1 aliphatic carbocycles. The number of hydrogen-bond donors (Lipinski definition) is 1. The van der Waals surface area contributed by atoms with Gasteiger partial charge in [0.15, 0.2) is 6.10 Å². The lowest BCUT2D eigenvalue weighted by atomic mass is 10.2. The third-order valence-corrected chi connectivity index (χ3v) is 3.54. The molecule has 0 radical (unpaired) electrons. The van der Waals surface area contributed by atoms with Crippen LogP contribution in [-0.2, 0) is 0 Å². The molecule has 0 bridgehead atoms. The van der Waals surface area contributed by atoms with Crippen LogP contribution in [0.3, 0.4) is 0 Å². The monoisotopic (exact) mass is 260 g/mol. The highest BCUT2D eigenvalue weighted by molar-refractivity contribution is 5.28. The van der Waals surface area contributed by atoms with Crippen molar-refractivity contribution in [1.29, 1.82) is 0 Å². The van der Waals surface area contributed by atoms with Gasteiger partial charge in [0.1, 0.15) is 17.2 Å². The van der Waals surface area contributed by atoms with Crippen LogP contribution in [0.15, 0.2) is 28.9 Å². The molecule has 3 unspecified atom stereocenters. The Bertz CT molecular complexity index is 582. The normalized spacial score (nSPS) is 23.1. The van der Waals surface area contributed by atoms with Gasteiger partial charge in [-0.25, -0.2) is 4.98 Å². The highest BCUT2D eigenvalue weighted by atomic mass is 16.5. The summed E-state index contributed by atoms with van der Waals surface area (Å²) >= 11 is 0. The van der Waals surface area contributed by atoms with E-state index in [9.17, 15) is 5.11 Å². The van der Waals surface area contributed by atoms with E-state index in [1.807, 2.05) is 6.07 Å². The van der Waals surface area contributed by atoms with Crippen molar-refractivity contribution in [1.82, 2.24) is 9.97 Å². The SMILES string of the molecule is COc1nccnc1C(O)c1ccc(C2CC2C)o1. The van der Waals surface area contributed by atoms with Crippen LogP contribution in [0.1, 0.15) is 42.6 Å². The van der Waals surface area contributed by atoms with Crippen LogP contribution in [0.5, 0.6) is 5.88 Å². The van der Waals surface area contributed by atoms with Crippen molar-refractivity contribution < 1.29 is 14.3 Å². The van der Waals surface area contributed by atoms with Gasteiger partial charge in [-0.15, -0.1) is 0 Å². The zero-order valence-electron chi connectivity index (χ0n) is 10.9. The Kier molecular flexibility index (Phi) is 2.98. The first kappa shape index (κ1) is 12.2. The summed E-state index contributed by atoms with van der Waals surface area (Å²) in [5.74, 6) is 2.89. The van der Waals surface area contributed by atoms with Gasteiger partial charge >= 0.3 is 0 Å². The predicted octanol–water partition coefficient (Wildman–Crippen LogP) is 2.28. The van der Waals surface area contributed by atoms with E-state index in [-0.39, 0.29) is 0 Å². The molecule has 3 rings (SSSR count). The molecule has 5 nitrogen and oxygen atoms in total. The van der Waals surface area contributed by atoms with Gasteiger partial charge < -0.3 is 14.3 Å². The number of methoxy groups -OCH3 is 1. The largest absolute Gasteiger partial charge is 0.480 e. The van der Waals surface area contributed by atoms with Gasteiger partial charge in [0.25, 0.3) is 0 Å². The van der Waals surface area contributed by atoms with Crippen LogP contribution in [-0.4, -0.2) is 22.2 Å². The Morgan fingerprint density at radius 2 is 2.11 bits per heavy atom. The highest BCUT2D eigenvalue weighted by Gasteiger charge is 2.37. The molecule has 0 saturated heterocycles. The molecule has 0 aromatic carbocycles. The maximum Gasteiger partial charge on any atom is 0.238 e. The fourth-order valence-corrected chi connectivity index (χ4v) is 2.25. The minimum Gasteiger partial charge on any atom is -0.480 e. The molecule has 1 N–H and O–H groups in total. The quantitative estimate of drug-likeness (QED) is 0.913. The van der Waals surface area contributed by atoms with E-state index < -0.39 is 6.10 Å². The standard InChI is InChI=1S/C14H16N2O3/c1-8-7-9(8)10-3-4-11(19-10)13(17)12-14(18-2)16-6-5-15-12/h3-6,8-9,13,17H,7H2,1-2H3. The summed E-state index contributed by atoms with van der Waals surface area (Å²) in [5.41, 5.74) is 0.370. The number of rotatable bonds is 4. The molecule has 1 fully saturated rings. The molecule has 3 atom stereocenters. The van der Waals surface area contributed by atoms with Gasteiger partial charge in [-0.3, -0.25) is 4.98 Å². The maximum atomic E-state index is 10.3. The second-order valence-electron chi connectivity index (χ2n) is 4.91.